The first-order valence-corrected chi connectivity index (χ1v) is 10.5. The number of ether oxygens (including phenoxy) is 1. The van der Waals surface area contributed by atoms with Crippen LogP contribution in [0.4, 0.5) is 5.13 Å². The summed E-state index contributed by atoms with van der Waals surface area (Å²) < 4.78 is 6.60. The quantitative estimate of drug-likeness (QED) is 0.530. The van der Waals surface area contributed by atoms with E-state index in [1.54, 1.807) is 18.7 Å². The standard InChI is InChI=1S/C19H27N3O2S2/c1-12(2)11-25-18-22-21-17(26-18)20-16(23)13(3)24-15-9-7-14(8-10-15)19(4,5)6/h7-10,12-13H,11H2,1-6H3,(H,20,21,23)/t13-/m1/s1. The van der Waals surface area contributed by atoms with Gasteiger partial charge < -0.3 is 4.74 Å². The zero-order chi connectivity index (χ0) is 19.3. The van der Waals surface area contributed by atoms with Crippen LogP contribution in [0.2, 0.25) is 0 Å². The Bertz CT molecular complexity index is 721. The summed E-state index contributed by atoms with van der Waals surface area (Å²) in [6, 6.07) is 7.86. The molecule has 26 heavy (non-hydrogen) atoms. The number of aromatic nitrogens is 2. The molecule has 0 spiro atoms. The van der Waals surface area contributed by atoms with E-state index in [2.05, 4.69) is 50.1 Å². The zero-order valence-electron chi connectivity index (χ0n) is 16.2. The predicted octanol–water partition coefficient (Wildman–Crippen LogP) is 4.99. The van der Waals surface area contributed by atoms with Gasteiger partial charge in [-0.1, -0.05) is 69.9 Å². The van der Waals surface area contributed by atoms with E-state index in [1.165, 1.54) is 16.9 Å². The van der Waals surface area contributed by atoms with Crippen molar-refractivity contribution in [1.82, 2.24) is 10.2 Å². The molecule has 1 heterocycles. The van der Waals surface area contributed by atoms with Crippen LogP contribution in [0.5, 0.6) is 5.75 Å². The van der Waals surface area contributed by atoms with Crippen molar-refractivity contribution < 1.29 is 9.53 Å². The molecule has 0 fully saturated rings. The fraction of sp³-hybridized carbons (Fsp3) is 0.526. The van der Waals surface area contributed by atoms with Gasteiger partial charge in [0.05, 0.1) is 0 Å². The van der Waals surface area contributed by atoms with Gasteiger partial charge in [0.25, 0.3) is 5.91 Å². The Hall–Kier alpha value is -1.60. The van der Waals surface area contributed by atoms with Crippen molar-refractivity contribution in [2.45, 2.75) is 57.4 Å². The number of nitrogens with one attached hydrogen (secondary N) is 1. The number of amides is 1. The Labute approximate surface area is 163 Å². The number of anilines is 1. The van der Waals surface area contributed by atoms with Gasteiger partial charge >= 0.3 is 0 Å². The zero-order valence-corrected chi connectivity index (χ0v) is 17.8. The first-order valence-electron chi connectivity index (χ1n) is 8.69. The normalized spacial score (nSPS) is 12.9. The largest absolute Gasteiger partial charge is 0.481 e. The summed E-state index contributed by atoms with van der Waals surface area (Å²) in [7, 11) is 0. The molecule has 0 radical (unpaired) electrons. The van der Waals surface area contributed by atoms with Crippen molar-refractivity contribution in [2.75, 3.05) is 11.1 Å². The van der Waals surface area contributed by atoms with E-state index < -0.39 is 6.10 Å². The highest BCUT2D eigenvalue weighted by molar-refractivity contribution is 8.01. The molecule has 0 aliphatic heterocycles. The van der Waals surface area contributed by atoms with Gasteiger partial charge in [-0.05, 0) is 36.0 Å². The van der Waals surface area contributed by atoms with Gasteiger partial charge in [0.1, 0.15) is 5.75 Å². The molecule has 2 rings (SSSR count). The van der Waals surface area contributed by atoms with Crippen molar-refractivity contribution in [3.05, 3.63) is 29.8 Å². The van der Waals surface area contributed by atoms with Crippen LogP contribution in [-0.2, 0) is 10.2 Å². The summed E-state index contributed by atoms with van der Waals surface area (Å²) in [5.41, 5.74) is 1.31. The molecule has 1 aromatic heterocycles. The molecule has 1 atom stereocenters. The summed E-state index contributed by atoms with van der Waals surface area (Å²) in [6.07, 6.45) is -0.619. The summed E-state index contributed by atoms with van der Waals surface area (Å²) >= 11 is 3.04. The Morgan fingerprint density at radius 1 is 1.19 bits per heavy atom. The van der Waals surface area contributed by atoms with Gasteiger partial charge in [-0.15, -0.1) is 10.2 Å². The molecule has 0 unspecified atom stereocenters. The second kappa shape index (κ2) is 8.86. The number of nitrogens with zero attached hydrogens (tertiary/aromatic N) is 2. The van der Waals surface area contributed by atoms with E-state index in [0.29, 0.717) is 16.8 Å². The van der Waals surface area contributed by atoms with Crippen LogP contribution >= 0.6 is 23.1 Å². The molecule has 1 N–H and O–H groups in total. The number of benzene rings is 1. The maximum Gasteiger partial charge on any atom is 0.266 e. The van der Waals surface area contributed by atoms with Gasteiger partial charge in [-0.25, -0.2) is 0 Å². The molecule has 142 valence electrons. The van der Waals surface area contributed by atoms with Crippen LogP contribution in [0.1, 0.15) is 47.1 Å². The monoisotopic (exact) mass is 393 g/mol. The third-order valence-electron chi connectivity index (χ3n) is 3.58. The van der Waals surface area contributed by atoms with Crippen LogP contribution in [0, 0.1) is 5.92 Å². The van der Waals surface area contributed by atoms with Gasteiger partial charge in [-0.2, -0.15) is 0 Å². The molecule has 2 aromatic rings. The Kier molecular flexibility index (Phi) is 7.06. The third kappa shape index (κ3) is 6.29. The lowest BCUT2D eigenvalue weighted by Gasteiger charge is -2.20. The summed E-state index contributed by atoms with van der Waals surface area (Å²) in [6.45, 7) is 12.5. The number of hydrogen-bond acceptors (Lipinski definition) is 6. The van der Waals surface area contributed by atoms with Gasteiger partial charge in [0, 0.05) is 5.75 Å². The Morgan fingerprint density at radius 3 is 2.42 bits per heavy atom. The number of thioether (sulfide) groups is 1. The highest BCUT2D eigenvalue weighted by Crippen LogP contribution is 2.27. The van der Waals surface area contributed by atoms with Gasteiger partial charge in [0.15, 0.2) is 10.4 Å². The number of rotatable bonds is 7. The average Bonchev–Trinajstić information content (AvgIpc) is 3.00. The minimum absolute atomic E-state index is 0.0879. The lowest BCUT2D eigenvalue weighted by atomic mass is 9.87. The first kappa shape index (κ1) is 20.7. The van der Waals surface area contributed by atoms with Crippen molar-refractivity contribution in [2.24, 2.45) is 5.92 Å². The minimum atomic E-state index is -0.619. The third-order valence-corrected chi connectivity index (χ3v) is 5.98. The molecule has 7 heteroatoms. The fourth-order valence-corrected chi connectivity index (χ4v) is 3.79. The van der Waals surface area contributed by atoms with Crippen LogP contribution in [0.15, 0.2) is 28.6 Å². The molecular formula is C19H27N3O2S2. The molecule has 5 nitrogen and oxygen atoms in total. The topological polar surface area (TPSA) is 64.1 Å². The van der Waals surface area contributed by atoms with E-state index in [0.717, 1.165) is 10.1 Å². The molecule has 0 saturated heterocycles. The van der Waals surface area contributed by atoms with Crippen LogP contribution in [0.3, 0.4) is 0 Å². The molecule has 0 aliphatic carbocycles. The van der Waals surface area contributed by atoms with Gasteiger partial charge in [-0.3, -0.25) is 10.1 Å². The average molecular weight is 394 g/mol. The number of hydrogen-bond donors (Lipinski definition) is 1. The van der Waals surface area contributed by atoms with Crippen molar-refractivity contribution in [1.29, 1.82) is 0 Å². The summed E-state index contributed by atoms with van der Waals surface area (Å²) in [5, 5.41) is 11.4. The minimum Gasteiger partial charge on any atom is -0.481 e. The van der Waals surface area contributed by atoms with E-state index >= 15 is 0 Å². The first-order chi connectivity index (χ1) is 12.1. The van der Waals surface area contributed by atoms with Crippen molar-refractivity contribution in [3.63, 3.8) is 0 Å². The molecular weight excluding hydrogens is 366 g/mol. The lowest BCUT2D eigenvalue weighted by Crippen LogP contribution is -2.30. The van der Waals surface area contributed by atoms with Crippen molar-refractivity contribution in [3.8, 4) is 5.75 Å². The van der Waals surface area contributed by atoms with E-state index in [1.807, 2.05) is 24.3 Å². The molecule has 1 aromatic carbocycles. The van der Waals surface area contributed by atoms with E-state index in [9.17, 15) is 4.79 Å². The highest BCUT2D eigenvalue weighted by Gasteiger charge is 2.18. The predicted molar refractivity (Wildman–Crippen MR) is 109 cm³/mol. The second-order valence-corrected chi connectivity index (χ2v) is 9.85. The maximum atomic E-state index is 12.3. The maximum absolute atomic E-state index is 12.3. The molecule has 1 amide bonds. The van der Waals surface area contributed by atoms with Crippen LogP contribution in [0.25, 0.3) is 0 Å². The highest BCUT2D eigenvalue weighted by atomic mass is 32.2. The number of carbonyl (C=O) groups excluding carboxylic acids is 1. The van der Waals surface area contributed by atoms with Crippen LogP contribution in [-0.4, -0.2) is 28.0 Å². The molecule has 0 bridgehead atoms. The van der Waals surface area contributed by atoms with E-state index in [-0.39, 0.29) is 11.3 Å². The van der Waals surface area contributed by atoms with Gasteiger partial charge in [0.2, 0.25) is 5.13 Å². The lowest BCUT2D eigenvalue weighted by molar-refractivity contribution is -0.122. The summed E-state index contributed by atoms with van der Waals surface area (Å²) in [4.78, 5) is 12.3. The second-order valence-electron chi connectivity index (χ2n) is 7.60. The molecule has 0 aliphatic rings. The Balaban J connectivity index is 1.89. The molecule has 0 saturated carbocycles. The fourth-order valence-electron chi connectivity index (χ4n) is 2.05. The number of carbonyl (C=O) groups is 1. The van der Waals surface area contributed by atoms with Crippen LogP contribution < -0.4 is 10.1 Å². The Morgan fingerprint density at radius 2 is 1.85 bits per heavy atom. The van der Waals surface area contributed by atoms with E-state index in [4.69, 9.17) is 4.74 Å². The smallest absolute Gasteiger partial charge is 0.266 e. The van der Waals surface area contributed by atoms with Crippen molar-refractivity contribution >= 4 is 34.1 Å². The SMILES string of the molecule is CC(C)CSc1nnc(NC(=O)[C@@H](C)Oc2ccc(C(C)(C)C)cc2)s1. The summed E-state index contributed by atoms with van der Waals surface area (Å²) in [5.74, 6) is 2.00.